The van der Waals surface area contributed by atoms with Crippen LogP contribution in [0.3, 0.4) is 0 Å². The van der Waals surface area contributed by atoms with Crippen LogP contribution in [0.15, 0.2) is 18.7 Å². The van der Waals surface area contributed by atoms with Crippen molar-refractivity contribution >= 4 is 11.9 Å². The monoisotopic (exact) mass is 264 g/mol. The minimum Gasteiger partial charge on any atom is -0.394 e. The van der Waals surface area contributed by atoms with Crippen LogP contribution in [0.2, 0.25) is 0 Å². The molecule has 0 fully saturated rings. The number of imidazole rings is 1. The fourth-order valence-corrected chi connectivity index (χ4v) is 1.32. The fraction of sp³-hybridized carbons (Fsp3) is 0.400. The average molecular weight is 264 g/mol. The summed E-state index contributed by atoms with van der Waals surface area (Å²) in [6.45, 7) is 3.58. The Hall–Kier alpha value is -2.26. The van der Waals surface area contributed by atoms with E-state index < -0.39 is 5.54 Å². The Morgan fingerprint density at radius 2 is 2.05 bits per heavy atom. The number of hydrogen-bond acceptors (Lipinski definition) is 8. The first-order chi connectivity index (χ1) is 9.04. The number of aromatic nitrogens is 5. The van der Waals surface area contributed by atoms with Gasteiger partial charge in [-0.05, 0) is 13.8 Å². The van der Waals surface area contributed by atoms with Gasteiger partial charge in [0.05, 0.1) is 12.1 Å². The van der Waals surface area contributed by atoms with Crippen LogP contribution in [0, 0.1) is 0 Å². The number of nitrogens with zero attached hydrogens (tertiary/aromatic N) is 5. The fourth-order valence-electron chi connectivity index (χ4n) is 1.32. The number of anilines is 2. The predicted molar refractivity (Wildman–Crippen MR) is 69.5 cm³/mol. The molecule has 9 heteroatoms. The van der Waals surface area contributed by atoms with Crippen LogP contribution in [0.1, 0.15) is 13.8 Å². The van der Waals surface area contributed by atoms with Gasteiger partial charge >= 0.3 is 0 Å². The van der Waals surface area contributed by atoms with Gasteiger partial charge in [-0.2, -0.15) is 15.0 Å². The Morgan fingerprint density at radius 1 is 1.32 bits per heavy atom. The van der Waals surface area contributed by atoms with Crippen molar-refractivity contribution < 1.29 is 5.11 Å². The third-order valence-electron chi connectivity index (χ3n) is 2.33. The van der Waals surface area contributed by atoms with Gasteiger partial charge in [0.1, 0.15) is 6.33 Å². The van der Waals surface area contributed by atoms with Gasteiger partial charge in [-0.3, -0.25) is 9.99 Å². The largest absolute Gasteiger partial charge is 0.394 e. The van der Waals surface area contributed by atoms with Crippen LogP contribution in [-0.2, 0) is 0 Å². The van der Waals surface area contributed by atoms with E-state index in [0.29, 0.717) is 11.9 Å². The van der Waals surface area contributed by atoms with Crippen LogP contribution in [0.4, 0.5) is 11.9 Å². The summed E-state index contributed by atoms with van der Waals surface area (Å²) < 4.78 is 1.62. The maximum atomic E-state index is 9.25. The van der Waals surface area contributed by atoms with Gasteiger partial charge in [0.2, 0.25) is 17.8 Å². The van der Waals surface area contributed by atoms with Crippen molar-refractivity contribution in [3.8, 4) is 5.95 Å². The summed E-state index contributed by atoms with van der Waals surface area (Å²) in [5.74, 6) is 6.23. The van der Waals surface area contributed by atoms with Crippen molar-refractivity contribution in [2.75, 3.05) is 17.3 Å². The third-order valence-corrected chi connectivity index (χ3v) is 2.33. The number of hydrazine groups is 1. The van der Waals surface area contributed by atoms with E-state index in [2.05, 4.69) is 30.7 Å². The van der Waals surface area contributed by atoms with Crippen LogP contribution in [0.25, 0.3) is 5.95 Å². The first-order valence-electron chi connectivity index (χ1n) is 5.64. The zero-order chi connectivity index (χ0) is 13.9. The molecule has 19 heavy (non-hydrogen) atoms. The van der Waals surface area contributed by atoms with Crippen molar-refractivity contribution in [1.29, 1.82) is 0 Å². The highest BCUT2D eigenvalue weighted by atomic mass is 16.3. The summed E-state index contributed by atoms with van der Waals surface area (Å²) >= 11 is 0. The molecule has 0 aliphatic rings. The molecule has 2 aromatic rings. The van der Waals surface area contributed by atoms with Gasteiger partial charge in [-0.15, -0.1) is 0 Å². The molecule has 2 aromatic heterocycles. The summed E-state index contributed by atoms with van der Waals surface area (Å²) in [6.07, 6.45) is 4.89. The van der Waals surface area contributed by atoms with E-state index in [1.165, 1.54) is 0 Å². The summed E-state index contributed by atoms with van der Waals surface area (Å²) in [5, 5.41) is 12.2. The first kappa shape index (κ1) is 13.2. The summed E-state index contributed by atoms with van der Waals surface area (Å²) in [5.41, 5.74) is 1.82. The molecule has 0 spiro atoms. The molecule has 0 amide bonds. The van der Waals surface area contributed by atoms with E-state index in [1.54, 1.807) is 23.3 Å². The quantitative estimate of drug-likeness (QED) is 0.421. The van der Waals surface area contributed by atoms with Crippen LogP contribution < -0.4 is 16.6 Å². The van der Waals surface area contributed by atoms with E-state index in [9.17, 15) is 5.11 Å². The van der Waals surface area contributed by atoms with Gasteiger partial charge in [0, 0.05) is 12.4 Å². The van der Waals surface area contributed by atoms with Crippen molar-refractivity contribution in [2.24, 2.45) is 5.84 Å². The SMILES string of the molecule is CC(C)(CO)Nc1nc(NN)nc(-n2ccnc2)n1. The van der Waals surface area contributed by atoms with E-state index in [-0.39, 0.29) is 12.6 Å². The third kappa shape index (κ3) is 3.14. The van der Waals surface area contributed by atoms with Crippen molar-refractivity contribution in [3.05, 3.63) is 18.7 Å². The molecule has 0 aromatic carbocycles. The van der Waals surface area contributed by atoms with Gasteiger partial charge in [0.15, 0.2) is 0 Å². The van der Waals surface area contributed by atoms with Gasteiger partial charge in [-0.1, -0.05) is 0 Å². The Bertz CT molecular complexity index is 538. The number of rotatable bonds is 5. The lowest BCUT2D eigenvalue weighted by Gasteiger charge is -2.23. The molecule has 0 aliphatic heterocycles. The zero-order valence-electron chi connectivity index (χ0n) is 10.7. The van der Waals surface area contributed by atoms with Gasteiger partial charge < -0.3 is 10.4 Å². The molecule has 0 saturated carbocycles. The molecule has 5 N–H and O–H groups in total. The average Bonchev–Trinajstić information content (AvgIpc) is 2.91. The molecule has 0 saturated heterocycles. The second kappa shape index (κ2) is 5.16. The van der Waals surface area contributed by atoms with Gasteiger partial charge in [0.25, 0.3) is 0 Å². The molecule has 2 heterocycles. The highest BCUT2D eigenvalue weighted by molar-refractivity contribution is 5.38. The summed E-state index contributed by atoms with van der Waals surface area (Å²) in [7, 11) is 0. The zero-order valence-corrected chi connectivity index (χ0v) is 10.7. The Balaban J connectivity index is 2.37. The highest BCUT2D eigenvalue weighted by Crippen LogP contribution is 2.13. The van der Waals surface area contributed by atoms with Crippen molar-refractivity contribution in [1.82, 2.24) is 24.5 Å². The van der Waals surface area contributed by atoms with E-state index in [0.717, 1.165) is 0 Å². The lowest BCUT2D eigenvalue weighted by atomic mass is 10.1. The maximum absolute atomic E-state index is 9.25. The number of aliphatic hydroxyl groups excluding tert-OH is 1. The Labute approximate surface area is 109 Å². The second-order valence-corrected chi connectivity index (χ2v) is 4.56. The first-order valence-corrected chi connectivity index (χ1v) is 5.64. The van der Waals surface area contributed by atoms with E-state index in [4.69, 9.17) is 5.84 Å². The molecular formula is C10H16N8O. The number of nitrogens with one attached hydrogen (secondary N) is 2. The lowest BCUT2D eigenvalue weighted by Crippen LogP contribution is -2.36. The minimum atomic E-state index is -0.556. The number of hydrogen-bond donors (Lipinski definition) is 4. The molecule has 9 nitrogen and oxygen atoms in total. The molecule has 0 radical (unpaired) electrons. The molecular weight excluding hydrogens is 248 g/mol. The maximum Gasteiger partial charge on any atom is 0.243 e. The number of nitrogens with two attached hydrogens (primary N) is 1. The summed E-state index contributed by atoms with van der Waals surface area (Å²) in [6, 6.07) is 0. The van der Waals surface area contributed by atoms with Gasteiger partial charge in [-0.25, -0.2) is 10.8 Å². The topological polar surface area (TPSA) is 127 Å². The standard InChI is InChI=1S/C10H16N8O/c1-10(2,5-19)16-7-13-8(17-11)15-9(14-7)18-4-3-12-6-18/h3-4,6,19H,5,11H2,1-2H3,(H2,13,14,15,16,17). The molecule has 0 bridgehead atoms. The van der Waals surface area contributed by atoms with Crippen molar-refractivity contribution in [3.63, 3.8) is 0 Å². The Kier molecular flexibility index (Phi) is 3.58. The Morgan fingerprint density at radius 3 is 2.63 bits per heavy atom. The molecule has 0 unspecified atom stereocenters. The van der Waals surface area contributed by atoms with E-state index in [1.807, 2.05) is 13.8 Å². The van der Waals surface area contributed by atoms with E-state index >= 15 is 0 Å². The highest BCUT2D eigenvalue weighted by Gasteiger charge is 2.18. The smallest absolute Gasteiger partial charge is 0.243 e. The lowest BCUT2D eigenvalue weighted by molar-refractivity contribution is 0.233. The molecule has 0 atom stereocenters. The minimum absolute atomic E-state index is 0.0650. The number of nitrogen functional groups attached to an aromatic ring is 1. The second-order valence-electron chi connectivity index (χ2n) is 4.56. The van der Waals surface area contributed by atoms with Crippen LogP contribution in [-0.4, -0.2) is 41.8 Å². The number of aliphatic hydroxyl groups is 1. The van der Waals surface area contributed by atoms with Crippen LogP contribution in [0.5, 0.6) is 0 Å². The van der Waals surface area contributed by atoms with Crippen LogP contribution >= 0.6 is 0 Å². The normalized spacial score (nSPS) is 11.4. The molecule has 2 rings (SSSR count). The summed E-state index contributed by atoms with van der Waals surface area (Å²) in [4.78, 5) is 16.4. The molecule has 102 valence electrons. The molecule has 0 aliphatic carbocycles. The predicted octanol–water partition coefficient (Wildman–Crippen LogP) is -0.474. The van der Waals surface area contributed by atoms with Crippen molar-refractivity contribution in [2.45, 2.75) is 19.4 Å².